The Morgan fingerprint density at radius 2 is 1.58 bits per heavy atom. The third-order valence-corrected chi connectivity index (χ3v) is 6.41. The molecule has 0 aliphatic heterocycles. The Balaban J connectivity index is 1.85. The second-order valence-electron chi connectivity index (χ2n) is 8.76. The van der Waals surface area contributed by atoms with Crippen molar-refractivity contribution in [2.45, 2.75) is 31.1 Å². The van der Waals surface area contributed by atoms with Crippen LogP contribution >= 0.6 is 0 Å². The first-order valence-electron chi connectivity index (χ1n) is 11.0. The molecule has 1 aromatic heterocycles. The third kappa shape index (κ3) is 4.90. The van der Waals surface area contributed by atoms with E-state index in [0.717, 1.165) is 60.0 Å². The molecule has 1 heterocycles. The van der Waals surface area contributed by atoms with Crippen molar-refractivity contribution >= 4 is 17.1 Å². The van der Waals surface area contributed by atoms with Crippen LogP contribution in [0.1, 0.15) is 45.8 Å². The summed E-state index contributed by atoms with van der Waals surface area (Å²) in [6.45, 7) is 1.02. The number of fused-ring (bicyclic) bond motifs is 1. The van der Waals surface area contributed by atoms with Gasteiger partial charge in [0.25, 0.3) is 0 Å². The quantitative estimate of drug-likeness (QED) is 0.274. The first-order valence-corrected chi connectivity index (χ1v) is 11.0. The summed E-state index contributed by atoms with van der Waals surface area (Å²) in [4.78, 5) is 22.8. The van der Waals surface area contributed by atoms with Gasteiger partial charge < -0.3 is 9.52 Å². The number of halogens is 7. The van der Waals surface area contributed by atoms with Crippen molar-refractivity contribution in [3.63, 3.8) is 0 Å². The molecule has 0 aliphatic rings. The van der Waals surface area contributed by atoms with Crippen molar-refractivity contribution in [2.75, 3.05) is 0 Å². The fourth-order valence-corrected chi connectivity index (χ4v) is 4.52. The number of aromatic nitrogens is 1. The topological polar surface area (TPSA) is 72.4 Å². The van der Waals surface area contributed by atoms with E-state index in [1.807, 2.05) is 0 Å². The maximum Gasteiger partial charge on any atom is 0.419 e. The molecule has 0 saturated carbocycles. The van der Waals surface area contributed by atoms with Crippen molar-refractivity contribution in [1.29, 1.82) is 0 Å². The molecule has 0 spiro atoms. The molecule has 2 unspecified atom stereocenters. The van der Waals surface area contributed by atoms with Crippen molar-refractivity contribution in [2.24, 2.45) is 7.05 Å². The van der Waals surface area contributed by atoms with Crippen LogP contribution < -0.4 is 5.76 Å². The first-order chi connectivity index (χ1) is 17.6. The molecule has 5 nitrogen and oxygen atoms in total. The van der Waals surface area contributed by atoms with Crippen molar-refractivity contribution in [3.05, 3.63) is 93.2 Å². The number of oxazole rings is 1. The Bertz CT molecular complexity index is 1600. The van der Waals surface area contributed by atoms with Gasteiger partial charge in [0, 0.05) is 7.05 Å². The van der Waals surface area contributed by atoms with Crippen LogP contribution in [-0.2, 0) is 13.2 Å². The van der Waals surface area contributed by atoms with Gasteiger partial charge >= 0.3 is 24.1 Å². The number of benzene rings is 3. The van der Waals surface area contributed by atoms with Crippen molar-refractivity contribution in [1.82, 2.24) is 4.57 Å². The lowest BCUT2D eigenvalue weighted by atomic mass is 9.79. The lowest BCUT2D eigenvalue weighted by molar-refractivity contribution is -0.157. The minimum absolute atomic E-state index is 0.0244. The fraction of sp³-hybridized carbons (Fsp3) is 0.231. The SMILES string of the molecule is CC(c1ccc(-c2ccc(C(=O)O)c(F)c2)cc1C(F)(F)F)C(c1ccc2oc(=O)n(C)c2c1)C(F)(F)F. The zero-order valence-electron chi connectivity index (χ0n) is 19.6. The van der Waals surface area contributed by atoms with E-state index in [1.54, 1.807) is 0 Å². The van der Waals surface area contributed by atoms with Gasteiger partial charge in [-0.05, 0) is 58.5 Å². The van der Waals surface area contributed by atoms with Gasteiger partial charge in [-0.1, -0.05) is 31.2 Å². The second-order valence-corrected chi connectivity index (χ2v) is 8.76. The van der Waals surface area contributed by atoms with Crippen LogP contribution in [0.25, 0.3) is 22.2 Å². The van der Waals surface area contributed by atoms with Gasteiger partial charge in [0.05, 0.1) is 22.6 Å². The predicted octanol–water partition coefficient (Wildman–Crippen LogP) is 7.10. The largest absolute Gasteiger partial charge is 0.478 e. The normalized spacial score (nSPS) is 14.0. The van der Waals surface area contributed by atoms with Gasteiger partial charge in [0.2, 0.25) is 0 Å². The van der Waals surface area contributed by atoms with Gasteiger partial charge in [0.15, 0.2) is 5.58 Å². The molecule has 38 heavy (non-hydrogen) atoms. The number of carboxylic acids is 1. The number of hydrogen-bond donors (Lipinski definition) is 1. The lowest BCUT2D eigenvalue weighted by Gasteiger charge is -2.29. The molecule has 0 radical (unpaired) electrons. The number of aryl methyl sites for hydroxylation is 1. The molecule has 0 saturated heterocycles. The fourth-order valence-electron chi connectivity index (χ4n) is 4.52. The highest BCUT2D eigenvalue weighted by atomic mass is 19.4. The number of hydrogen-bond acceptors (Lipinski definition) is 3. The number of carbonyl (C=O) groups is 1. The van der Waals surface area contributed by atoms with E-state index in [1.165, 1.54) is 7.05 Å². The second kappa shape index (κ2) is 9.34. The van der Waals surface area contributed by atoms with E-state index in [9.17, 15) is 40.3 Å². The highest BCUT2D eigenvalue weighted by Gasteiger charge is 2.47. The lowest BCUT2D eigenvalue weighted by Crippen LogP contribution is -2.27. The molecule has 200 valence electrons. The Morgan fingerprint density at radius 1 is 0.947 bits per heavy atom. The molecule has 0 bridgehead atoms. The number of aromatic carboxylic acids is 1. The van der Waals surface area contributed by atoms with Gasteiger partial charge in [-0.2, -0.15) is 26.3 Å². The molecule has 4 rings (SSSR count). The molecule has 0 fully saturated rings. The Kier molecular flexibility index (Phi) is 6.62. The van der Waals surface area contributed by atoms with Gasteiger partial charge in [-0.25, -0.2) is 14.0 Å². The molecule has 2 atom stereocenters. The summed E-state index contributed by atoms with van der Waals surface area (Å²) >= 11 is 0. The number of carboxylic acid groups (broad SMARTS) is 1. The van der Waals surface area contributed by atoms with Crippen molar-refractivity contribution < 1.29 is 45.1 Å². The number of nitrogens with zero attached hydrogens (tertiary/aromatic N) is 1. The average Bonchev–Trinajstić information content (AvgIpc) is 3.10. The number of rotatable bonds is 5. The summed E-state index contributed by atoms with van der Waals surface area (Å²) in [7, 11) is 1.29. The highest BCUT2D eigenvalue weighted by Crippen LogP contribution is 2.48. The maximum absolute atomic E-state index is 14.3. The summed E-state index contributed by atoms with van der Waals surface area (Å²) in [5.41, 5.74) is -3.22. The first kappa shape index (κ1) is 27.0. The highest BCUT2D eigenvalue weighted by molar-refractivity contribution is 5.88. The summed E-state index contributed by atoms with van der Waals surface area (Å²) < 4.78 is 105. The monoisotopic (exact) mass is 541 g/mol. The van der Waals surface area contributed by atoms with Gasteiger partial charge in [0.1, 0.15) is 5.82 Å². The van der Waals surface area contributed by atoms with Crippen LogP contribution in [0, 0.1) is 5.82 Å². The van der Waals surface area contributed by atoms with E-state index < -0.39 is 58.4 Å². The molecule has 0 amide bonds. The van der Waals surface area contributed by atoms with Crippen LogP contribution in [0.4, 0.5) is 30.7 Å². The van der Waals surface area contributed by atoms with Crippen LogP contribution in [-0.4, -0.2) is 21.8 Å². The minimum atomic E-state index is -5.06. The van der Waals surface area contributed by atoms with E-state index in [0.29, 0.717) is 6.07 Å². The average molecular weight is 541 g/mol. The minimum Gasteiger partial charge on any atom is -0.478 e. The smallest absolute Gasteiger partial charge is 0.419 e. The molecular formula is C26H18F7NO4. The van der Waals surface area contributed by atoms with Crippen LogP contribution in [0.5, 0.6) is 0 Å². The molecular weight excluding hydrogens is 523 g/mol. The maximum atomic E-state index is 14.3. The third-order valence-electron chi connectivity index (χ3n) is 6.41. The van der Waals surface area contributed by atoms with E-state index in [-0.39, 0.29) is 27.8 Å². The Labute approximate surface area is 209 Å². The van der Waals surface area contributed by atoms with Gasteiger partial charge in [-0.3, -0.25) is 4.57 Å². The zero-order chi connectivity index (χ0) is 28.2. The predicted molar refractivity (Wildman–Crippen MR) is 122 cm³/mol. The molecule has 3 aromatic carbocycles. The molecule has 1 N–H and O–H groups in total. The molecule has 12 heteroatoms. The Hall–Kier alpha value is -4.09. The van der Waals surface area contributed by atoms with Gasteiger partial charge in [-0.15, -0.1) is 0 Å². The standard InChI is InChI=1S/C26H18F7NO4/c1-12(22(26(31,32)33)15-5-8-21-20(11-15)34(2)24(37)38-21)16-6-3-13(9-18(16)25(28,29)30)14-4-7-17(23(35)36)19(27)10-14/h3-12,22H,1-2H3,(H,35,36). The van der Waals surface area contributed by atoms with E-state index in [2.05, 4.69) is 0 Å². The Morgan fingerprint density at radius 3 is 2.16 bits per heavy atom. The summed E-state index contributed by atoms with van der Waals surface area (Å²) in [6, 6.07) is 8.62. The van der Waals surface area contributed by atoms with Crippen LogP contribution in [0.15, 0.2) is 63.8 Å². The van der Waals surface area contributed by atoms with Crippen molar-refractivity contribution in [3.8, 4) is 11.1 Å². The zero-order valence-corrected chi connectivity index (χ0v) is 19.6. The van der Waals surface area contributed by atoms with Crippen LogP contribution in [0.2, 0.25) is 0 Å². The molecule has 4 aromatic rings. The number of alkyl halides is 6. The summed E-state index contributed by atoms with van der Waals surface area (Å²) in [5.74, 6) is -7.66. The molecule has 0 aliphatic carbocycles. The summed E-state index contributed by atoms with van der Waals surface area (Å²) in [6.07, 6.45) is -10.0. The van der Waals surface area contributed by atoms with E-state index >= 15 is 0 Å². The van der Waals surface area contributed by atoms with Crippen LogP contribution in [0.3, 0.4) is 0 Å². The van der Waals surface area contributed by atoms with E-state index in [4.69, 9.17) is 9.52 Å². The summed E-state index contributed by atoms with van der Waals surface area (Å²) in [5, 5.41) is 8.96.